The van der Waals surface area contributed by atoms with Crippen LogP contribution in [0.15, 0.2) is 0 Å². The van der Waals surface area contributed by atoms with Gasteiger partial charge in [-0.15, -0.1) is 0 Å². The van der Waals surface area contributed by atoms with Crippen LogP contribution in [-0.2, 0) is 19.1 Å². The topological polar surface area (TPSA) is 79.9 Å². The van der Waals surface area contributed by atoms with E-state index in [1.54, 1.807) is 0 Å². The Morgan fingerprint density at radius 3 is 2.26 bits per heavy atom. The van der Waals surface area contributed by atoms with E-state index in [2.05, 4.69) is 50.3 Å². The molecule has 7 aliphatic rings. The summed E-state index contributed by atoms with van der Waals surface area (Å²) in [6.45, 7) is 12.8. The number of hydrogen-bond acceptors (Lipinski definition) is 5. The third kappa shape index (κ3) is 5.19. The van der Waals surface area contributed by atoms with E-state index < -0.39 is 0 Å². The van der Waals surface area contributed by atoms with Gasteiger partial charge in [-0.05, 0) is 137 Å². The second kappa shape index (κ2) is 11.3. The van der Waals surface area contributed by atoms with Crippen LogP contribution in [0.5, 0.6) is 0 Å². The molecule has 7 heteroatoms. The number of carbonyl (C=O) groups is 2. The minimum absolute atomic E-state index is 0.0378. The van der Waals surface area contributed by atoms with Gasteiger partial charge in [0, 0.05) is 24.4 Å². The van der Waals surface area contributed by atoms with Gasteiger partial charge in [0.25, 0.3) is 0 Å². The Balaban J connectivity index is 0.948. The van der Waals surface area contributed by atoms with Gasteiger partial charge in [-0.3, -0.25) is 9.59 Å². The SMILES string of the molecule is C[C@@H]1CC[C@@]2(OC1)O[C@H]1C[C@H]3[C@@H]4CC[C@@H]5C[C@@H](NC(=O)CC(=O)NC6CCN(C)CC6)CC[C@]5(C)[C@H]4CC[C@]3(C)[C@H]1[C@@H]2C. The zero-order valence-electron chi connectivity index (χ0n) is 27.7. The molecule has 7 nitrogen and oxygen atoms in total. The molecule has 0 bridgehead atoms. The highest BCUT2D eigenvalue weighted by molar-refractivity contribution is 5.97. The molecule has 2 amide bonds. The van der Waals surface area contributed by atoms with Crippen LogP contribution < -0.4 is 10.6 Å². The summed E-state index contributed by atoms with van der Waals surface area (Å²) in [6.07, 6.45) is 14.4. The lowest BCUT2D eigenvalue weighted by Crippen LogP contribution is -2.56. The summed E-state index contributed by atoms with van der Waals surface area (Å²) in [4.78, 5) is 27.8. The van der Waals surface area contributed by atoms with E-state index in [0.29, 0.717) is 40.6 Å². The van der Waals surface area contributed by atoms with Crippen molar-refractivity contribution < 1.29 is 19.1 Å². The fourth-order valence-corrected chi connectivity index (χ4v) is 12.3. The van der Waals surface area contributed by atoms with E-state index in [4.69, 9.17) is 9.47 Å². The molecule has 4 saturated carbocycles. The molecular weight excluding hydrogens is 538 g/mol. The maximum Gasteiger partial charge on any atom is 0.229 e. The number of nitrogens with zero attached hydrogens (tertiary/aromatic N) is 1. The van der Waals surface area contributed by atoms with Gasteiger partial charge in [-0.2, -0.15) is 0 Å². The summed E-state index contributed by atoms with van der Waals surface area (Å²) < 4.78 is 13.5. The smallest absolute Gasteiger partial charge is 0.229 e. The van der Waals surface area contributed by atoms with Crippen LogP contribution in [0.1, 0.15) is 111 Å². The molecule has 0 aromatic rings. The molecule has 3 heterocycles. The van der Waals surface area contributed by atoms with Crippen LogP contribution in [0.4, 0.5) is 0 Å². The summed E-state index contributed by atoms with van der Waals surface area (Å²) in [7, 11) is 2.12. The van der Waals surface area contributed by atoms with Gasteiger partial charge in [-0.1, -0.05) is 27.7 Å². The molecule has 1 spiro atoms. The number of hydrogen-bond donors (Lipinski definition) is 2. The molecule has 242 valence electrons. The predicted molar refractivity (Wildman–Crippen MR) is 167 cm³/mol. The second-order valence-corrected chi connectivity index (χ2v) is 17.0. The highest BCUT2D eigenvalue weighted by atomic mass is 16.7. The molecular formula is C36H59N3O4. The van der Waals surface area contributed by atoms with Gasteiger partial charge in [0.15, 0.2) is 5.79 Å². The van der Waals surface area contributed by atoms with Gasteiger partial charge >= 0.3 is 0 Å². The number of nitrogens with one attached hydrogen (secondary N) is 2. The van der Waals surface area contributed by atoms with Gasteiger partial charge in [0.05, 0.1) is 12.7 Å². The number of ether oxygens (including phenoxy) is 2. The first-order valence-electron chi connectivity index (χ1n) is 18.1. The average Bonchev–Trinajstić information content (AvgIpc) is 3.41. The largest absolute Gasteiger partial charge is 0.353 e. The van der Waals surface area contributed by atoms with Crippen molar-refractivity contribution in [2.24, 2.45) is 52.3 Å². The van der Waals surface area contributed by atoms with E-state index in [-0.39, 0.29) is 36.1 Å². The standard InChI is InChI=1S/C36H59N3O4/c1-22-8-15-36(42-21-22)23(2)33-30(43-36)19-29-27-7-6-24-18-26(9-13-34(24,3)28(27)10-14-35(29,33)4)38-32(41)20-31(40)37-25-11-16-39(5)17-12-25/h22-30,33H,6-21H2,1-5H3,(H,37,40)(H,38,41)/t22-,23+,24-,26+,27-,28+,29+,30+,33+,34+,35+,36-/m1/s1. The molecule has 0 radical (unpaired) electrons. The third-order valence-electron chi connectivity index (χ3n) is 14.7. The van der Waals surface area contributed by atoms with E-state index >= 15 is 0 Å². The Kier molecular flexibility index (Phi) is 7.98. The Hall–Kier alpha value is -1.18. The zero-order valence-corrected chi connectivity index (χ0v) is 27.7. The summed E-state index contributed by atoms with van der Waals surface area (Å²) in [5.74, 6) is 4.24. The summed E-state index contributed by atoms with van der Waals surface area (Å²) in [5, 5.41) is 6.39. The van der Waals surface area contributed by atoms with Crippen molar-refractivity contribution in [1.82, 2.24) is 15.5 Å². The quantitative estimate of drug-likeness (QED) is 0.418. The molecule has 0 aromatic carbocycles. The minimum Gasteiger partial charge on any atom is -0.353 e. The first kappa shape index (κ1) is 30.5. The number of fused-ring (bicyclic) bond motifs is 7. The van der Waals surface area contributed by atoms with Crippen molar-refractivity contribution in [3.05, 3.63) is 0 Å². The number of carbonyl (C=O) groups excluding carboxylic acids is 2. The van der Waals surface area contributed by atoms with E-state index in [1.807, 2.05) is 0 Å². The molecule has 43 heavy (non-hydrogen) atoms. The molecule has 3 aliphatic heterocycles. The van der Waals surface area contributed by atoms with Crippen LogP contribution in [0, 0.1) is 52.3 Å². The fourth-order valence-electron chi connectivity index (χ4n) is 12.3. The third-order valence-corrected chi connectivity index (χ3v) is 14.7. The molecule has 0 unspecified atom stereocenters. The predicted octanol–water partition coefficient (Wildman–Crippen LogP) is 5.52. The highest BCUT2D eigenvalue weighted by Crippen LogP contribution is 2.71. The lowest BCUT2D eigenvalue weighted by Gasteiger charge is -2.61. The van der Waals surface area contributed by atoms with Crippen molar-refractivity contribution in [3.8, 4) is 0 Å². The van der Waals surface area contributed by atoms with Gasteiger partial charge < -0.3 is 25.0 Å². The van der Waals surface area contributed by atoms with Crippen LogP contribution in [0.3, 0.4) is 0 Å². The molecule has 12 atom stereocenters. The number of amides is 2. The van der Waals surface area contributed by atoms with Crippen LogP contribution in [0.2, 0.25) is 0 Å². The highest BCUT2D eigenvalue weighted by Gasteiger charge is 2.69. The second-order valence-electron chi connectivity index (χ2n) is 17.0. The van der Waals surface area contributed by atoms with Gasteiger partial charge in [0.2, 0.25) is 11.8 Å². The lowest BCUT2D eigenvalue weighted by molar-refractivity contribution is -0.273. The van der Waals surface area contributed by atoms with Gasteiger partial charge in [0.1, 0.15) is 6.42 Å². The molecule has 7 rings (SSSR count). The molecule has 7 fully saturated rings. The monoisotopic (exact) mass is 597 g/mol. The maximum atomic E-state index is 12.9. The Morgan fingerprint density at radius 1 is 0.814 bits per heavy atom. The summed E-state index contributed by atoms with van der Waals surface area (Å²) in [6, 6.07) is 0.417. The average molecular weight is 598 g/mol. The number of rotatable bonds is 4. The van der Waals surface area contributed by atoms with Crippen LogP contribution >= 0.6 is 0 Å². The fraction of sp³-hybridized carbons (Fsp3) is 0.944. The van der Waals surface area contributed by atoms with Crippen molar-refractivity contribution >= 4 is 11.8 Å². The Labute approximate surface area is 260 Å². The van der Waals surface area contributed by atoms with Crippen molar-refractivity contribution in [2.75, 3.05) is 26.7 Å². The minimum atomic E-state index is -0.327. The first-order valence-corrected chi connectivity index (χ1v) is 18.1. The van der Waals surface area contributed by atoms with Crippen molar-refractivity contribution in [2.45, 2.75) is 135 Å². The number of likely N-dealkylation sites (tertiary alicyclic amines) is 1. The van der Waals surface area contributed by atoms with Crippen molar-refractivity contribution in [3.63, 3.8) is 0 Å². The first-order chi connectivity index (χ1) is 20.5. The molecule has 0 aromatic heterocycles. The summed E-state index contributed by atoms with van der Waals surface area (Å²) in [5.41, 5.74) is 0.731. The Morgan fingerprint density at radius 2 is 1.53 bits per heavy atom. The van der Waals surface area contributed by atoms with Crippen LogP contribution in [-0.4, -0.2) is 67.4 Å². The molecule has 3 saturated heterocycles. The lowest BCUT2D eigenvalue weighted by atomic mass is 9.44. The molecule has 4 aliphatic carbocycles. The normalized spacial score (nSPS) is 49.9. The van der Waals surface area contributed by atoms with E-state index in [9.17, 15) is 9.59 Å². The van der Waals surface area contributed by atoms with Crippen LogP contribution in [0.25, 0.3) is 0 Å². The van der Waals surface area contributed by atoms with E-state index in [0.717, 1.165) is 69.6 Å². The Bertz CT molecular complexity index is 1070. The zero-order chi connectivity index (χ0) is 30.1. The summed E-state index contributed by atoms with van der Waals surface area (Å²) >= 11 is 0. The van der Waals surface area contributed by atoms with Gasteiger partial charge in [-0.25, -0.2) is 0 Å². The number of piperidine rings is 1. The maximum absolute atomic E-state index is 12.9. The van der Waals surface area contributed by atoms with E-state index in [1.165, 1.54) is 44.9 Å². The molecule has 2 N–H and O–H groups in total. The van der Waals surface area contributed by atoms with Crippen molar-refractivity contribution in [1.29, 1.82) is 0 Å².